The van der Waals surface area contributed by atoms with Gasteiger partial charge < -0.3 is 19.9 Å². The van der Waals surface area contributed by atoms with Crippen LogP contribution < -0.4 is 10.5 Å². The Kier molecular flexibility index (Phi) is 5.93. The molecule has 4 heterocycles. The van der Waals surface area contributed by atoms with E-state index < -0.39 is 5.82 Å². The predicted octanol–water partition coefficient (Wildman–Crippen LogP) is 4.14. The molecule has 0 atom stereocenters. The van der Waals surface area contributed by atoms with Crippen LogP contribution in [0, 0.1) is 19.7 Å². The zero-order valence-corrected chi connectivity index (χ0v) is 19.9. The first-order valence-electron chi connectivity index (χ1n) is 11.4. The van der Waals surface area contributed by atoms with Gasteiger partial charge in [0.05, 0.1) is 11.2 Å². The monoisotopic (exact) mass is 485 g/mol. The number of hydrogen-bond acceptors (Lipinski definition) is 7. The Balaban J connectivity index is 1.61. The van der Waals surface area contributed by atoms with E-state index in [2.05, 4.69) is 26.5 Å². The first kappa shape index (κ1) is 23.2. The van der Waals surface area contributed by atoms with Gasteiger partial charge in [-0.3, -0.25) is 4.79 Å². The Labute approximate surface area is 206 Å². The molecule has 0 aliphatic carbocycles. The van der Waals surface area contributed by atoms with E-state index in [1.165, 1.54) is 24.5 Å². The number of anilines is 1. The van der Waals surface area contributed by atoms with E-state index >= 15 is 4.39 Å². The first-order valence-corrected chi connectivity index (χ1v) is 11.4. The molecule has 10 heteroatoms. The van der Waals surface area contributed by atoms with Gasteiger partial charge in [0.15, 0.2) is 17.4 Å². The number of benzene rings is 1. The minimum absolute atomic E-state index is 0.00114. The molecule has 4 aromatic rings. The van der Waals surface area contributed by atoms with E-state index in [0.29, 0.717) is 41.9 Å². The lowest BCUT2D eigenvalue weighted by Crippen LogP contribution is -2.33. The van der Waals surface area contributed by atoms with Crippen LogP contribution in [-0.4, -0.2) is 48.4 Å². The molecule has 3 aromatic heterocycles. The fourth-order valence-corrected chi connectivity index (χ4v) is 4.42. The van der Waals surface area contributed by atoms with Crippen molar-refractivity contribution in [2.24, 2.45) is 0 Å². The third-order valence-corrected chi connectivity index (χ3v) is 6.16. The molecule has 36 heavy (non-hydrogen) atoms. The maximum atomic E-state index is 15.3. The molecule has 1 aliphatic heterocycles. The molecular weight excluding hydrogens is 461 g/mol. The average Bonchev–Trinajstić information content (AvgIpc) is 3.18. The van der Waals surface area contributed by atoms with Gasteiger partial charge in [0.1, 0.15) is 11.8 Å². The van der Waals surface area contributed by atoms with Crippen molar-refractivity contribution in [3.8, 4) is 17.4 Å². The molecule has 0 spiro atoms. The van der Waals surface area contributed by atoms with Gasteiger partial charge in [0, 0.05) is 42.3 Å². The SMILES string of the molecule is C=CC(=O)N1CC=C(c2c(C)c3ncnc(N)c3n2-c2ccc(Oc3nccc(C)n3)c(F)c2)CC1. The van der Waals surface area contributed by atoms with Gasteiger partial charge in [-0.1, -0.05) is 12.7 Å². The fraction of sp³-hybridized carbons (Fsp3) is 0.192. The average molecular weight is 486 g/mol. The molecule has 0 radical (unpaired) electrons. The number of nitrogen functional groups attached to an aromatic ring is 1. The largest absolute Gasteiger partial charge is 0.421 e. The lowest BCUT2D eigenvalue weighted by molar-refractivity contribution is -0.125. The van der Waals surface area contributed by atoms with Crippen molar-refractivity contribution in [3.05, 3.63) is 78.3 Å². The number of amides is 1. The number of nitrogens with two attached hydrogens (primary N) is 1. The molecule has 1 aliphatic rings. The molecule has 0 saturated heterocycles. The minimum atomic E-state index is -0.584. The summed E-state index contributed by atoms with van der Waals surface area (Å²) in [5.41, 5.74) is 11.5. The number of nitrogens with zero attached hydrogens (tertiary/aromatic N) is 6. The zero-order chi connectivity index (χ0) is 25.4. The third kappa shape index (κ3) is 4.06. The van der Waals surface area contributed by atoms with Gasteiger partial charge in [0.25, 0.3) is 0 Å². The summed E-state index contributed by atoms with van der Waals surface area (Å²) < 4.78 is 22.7. The van der Waals surface area contributed by atoms with Crippen molar-refractivity contribution in [3.63, 3.8) is 0 Å². The van der Waals surface area contributed by atoms with Crippen molar-refractivity contribution in [1.82, 2.24) is 29.4 Å². The van der Waals surface area contributed by atoms with E-state index in [1.54, 1.807) is 30.2 Å². The van der Waals surface area contributed by atoms with Gasteiger partial charge >= 0.3 is 6.01 Å². The smallest absolute Gasteiger partial charge is 0.322 e. The Morgan fingerprint density at radius 1 is 1.22 bits per heavy atom. The number of fused-ring (bicyclic) bond motifs is 1. The second-order valence-electron chi connectivity index (χ2n) is 8.43. The zero-order valence-electron chi connectivity index (χ0n) is 19.9. The highest BCUT2D eigenvalue weighted by Gasteiger charge is 2.25. The van der Waals surface area contributed by atoms with Crippen molar-refractivity contribution in [2.45, 2.75) is 20.3 Å². The van der Waals surface area contributed by atoms with Gasteiger partial charge in [-0.2, -0.15) is 0 Å². The van der Waals surface area contributed by atoms with E-state index in [0.717, 1.165) is 16.8 Å². The van der Waals surface area contributed by atoms with Crippen LogP contribution in [0.1, 0.15) is 23.4 Å². The molecule has 0 bridgehead atoms. The number of carbonyl (C=O) groups excluding carboxylic acids is 1. The number of carbonyl (C=O) groups is 1. The van der Waals surface area contributed by atoms with E-state index in [1.807, 2.05) is 17.6 Å². The van der Waals surface area contributed by atoms with E-state index in [-0.39, 0.29) is 23.5 Å². The number of hydrogen-bond donors (Lipinski definition) is 1. The predicted molar refractivity (Wildman–Crippen MR) is 134 cm³/mol. The summed E-state index contributed by atoms with van der Waals surface area (Å²) >= 11 is 0. The highest BCUT2D eigenvalue weighted by atomic mass is 19.1. The summed E-state index contributed by atoms with van der Waals surface area (Å²) in [4.78, 5) is 30.6. The standard InChI is InChI=1S/C26H24FN7O2/c1-4-21(35)33-11-8-17(9-12-33)23-16(3)22-24(25(28)31-14-30-22)34(23)18-5-6-20(19(27)13-18)36-26-29-10-7-15(2)32-26/h4-8,10,13-14H,1,9,11-12H2,2-3H3,(H2,28,30,31). The van der Waals surface area contributed by atoms with Crippen molar-refractivity contribution < 1.29 is 13.9 Å². The second kappa shape index (κ2) is 9.21. The van der Waals surface area contributed by atoms with E-state index in [4.69, 9.17) is 10.5 Å². The Bertz CT molecular complexity index is 1540. The summed E-state index contributed by atoms with van der Waals surface area (Å²) in [5.74, 6) is -0.423. The quantitative estimate of drug-likeness (QED) is 0.423. The molecule has 5 rings (SSSR count). The summed E-state index contributed by atoms with van der Waals surface area (Å²) in [6.07, 6.45) is 6.88. The number of ether oxygens (including phenoxy) is 1. The van der Waals surface area contributed by atoms with Crippen molar-refractivity contribution in [1.29, 1.82) is 0 Å². The van der Waals surface area contributed by atoms with Crippen LogP contribution in [0.5, 0.6) is 11.8 Å². The lowest BCUT2D eigenvalue weighted by atomic mass is 10.0. The maximum Gasteiger partial charge on any atom is 0.322 e. The van der Waals surface area contributed by atoms with Gasteiger partial charge in [0.2, 0.25) is 5.91 Å². The van der Waals surface area contributed by atoms with Crippen LogP contribution in [0.4, 0.5) is 10.2 Å². The number of halogens is 1. The molecule has 9 nitrogen and oxygen atoms in total. The topological polar surface area (TPSA) is 112 Å². The number of aromatic nitrogens is 5. The molecule has 0 fully saturated rings. The Hall–Kier alpha value is -4.60. The summed E-state index contributed by atoms with van der Waals surface area (Å²) in [7, 11) is 0. The van der Waals surface area contributed by atoms with Crippen molar-refractivity contribution in [2.75, 3.05) is 18.8 Å². The van der Waals surface area contributed by atoms with Gasteiger partial charge in [-0.05, 0) is 50.1 Å². The van der Waals surface area contributed by atoms with Crippen molar-refractivity contribution >= 4 is 28.3 Å². The third-order valence-electron chi connectivity index (χ3n) is 6.16. The van der Waals surface area contributed by atoms with Gasteiger partial charge in [-0.25, -0.2) is 24.3 Å². The molecule has 0 saturated carbocycles. The molecule has 1 amide bonds. The molecule has 2 N–H and O–H groups in total. The normalized spacial score (nSPS) is 13.5. The molecule has 1 aromatic carbocycles. The number of rotatable bonds is 5. The molecule has 0 unspecified atom stereocenters. The van der Waals surface area contributed by atoms with Crippen LogP contribution in [0.3, 0.4) is 0 Å². The van der Waals surface area contributed by atoms with E-state index in [9.17, 15) is 4.79 Å². The lowest BCUT2D eigenvalue weighted by Gasteiger charge is -2.26. The molecule has 182 valence electrons. The van der Waals surface area contributed by atoms with Crippen LogP contribution in [0.15, 0.2) is 55.5 Å². The highest BCUT2D eigenvalue weighted by Crippen LogP contribution is 2.37. The Morgan fingerprint density at radius 2 is 2.06 bits per heavy atom. The van der Waals surface area contributed by atoms with Crippen LogP contribution in [0.25, 0.3) is 22.3 Å². The first-order chi connectivity index (χ1) is 17.4. The summed E-state index contributed by atoms with van der Waals surface area (Å²) in [6, 6.07) is 6.43. The maximum absolute atomic E-state index is 15.3. The highest BCUT2D eigenvalue weighted by molar-refractivity contribution is 5.95. The molecular formula is C26H24FN7O2. The van der Waals surface area contributed by atoms with Crippen LogP contribution in [0.2, 0.25) is 0 Å². The number of aryl methyl sites for hydroxylation is 2. The minimum Gasteiger partial charge on any atom is -0.421 e. The van der Waals surface area contributed by atoms with Crippen LogP contribution >= 0.6 is 0 Å². The second-order valence-corrected chi connectivity index (χ2v) is 8.43. The Morgan fingerprint density at radius 3 is 2.75 bits per heavy atom. The van der Waals surface area contributed by atoms with Gasteiger partial charge in [-0.15, -0.1) is 0 Å². The summed E-state index contributed by atoms with van der Waals surface area (Å²) in [5, 5.41) is 0. The summed E-state index contributed by atoms with van der Waals surface area (Å²) in [6.45, 7) is 8.30. The fourth-order valence-electron chi connectivity index (χ4n) is 4.42. The van der Waals surface area contributed by atoms with Crippen LogP contribution in [-0.2, 0) is 4.79 Å².